The molecule has 2 aliphatic heterocycles. The maximum absolute atomic E-state index is 13.4. The van der Waals surface area contributed by atoms with Gasteiger partial charge in [-0.1, -0.05) is 30.3 Å². The summed E-state index contributed by atoms with van der Waals surface area (Å²) < 4.78 is 11.1. The molecule has 1 aromatic rings. The Morgan fingerprint density at radius 2 is 1.92 bits per heavy atom. The maximum Gasteiger partial charge on any atom is 0.475 e. The molecule has 208 valence electrons. The standard InChI is InChI=1S/C27H41BN4O6/c1-27(2,32-14-16-37-17-15-32)18-22(19-29)25(33)31-13-7-6-10-23(20-31)38-26(34)30-24(28(35)36)12-11-21-8-4-3-5-9-21/h3-5,8-9,22-24,35-36H,6-7,10-18,20H2,1-2H3,(H,30,34)/t22?,23-,24-/m0/s1. The number of hydrogen-bond acceptors (Lipinski definition) is 8. The van der Waals surface area contributed by atoms with Crippen LogP contribution in [-0.2, 0) is 20.7 Å². The zero-order chi connectivity index (χ0) is 27.5. The summed E-state index contributed by atoms with van der Waals surface area (Å²) >= 11 is 0. The predicted molar refractivity (Wildman–Crippen MR) is 143 cm³/mol. The number of ether oxygens (including phenoxy) is 2. The number of carbonyl (C=O) groups is 2. The number of nitriles is 1. The van der Waals surface area contributed by atoms with Crippen LogP contribution in [0.25, 0.3) is 0 Å². The summed E-state index contributed by atoms with van der Waals surface area (Å²) in [7, 11) is -1.73. The summed E-state index contributed by atoms with van der Waals surface area (Å²) in [5.41, 5.74) is 0.691. The van der Waals surface area contributed by atoms with Gasteiger partial charge in [0.2, 0.25) is 5.91 Å². The first-order valence-electron chi connectivity index (χ1n) is 13.6. The second-order valence-corrected chi connectivity index (χ2v) is 10.8. The summed E-state index contributed by atoms with van der Waals surface area (Å²) in [6.45, 7) is 7.64. The van der Waals surface area contributed by atoms with Gasteiger partial charge < -0.3 is 29.7 Å². The van der Waals surface area contributed by atoms with Gasteiger partial charge in [0, 0.05) is 25.2 Å². The Balaban J connectivity index is 1.55. The number of benzene rings is 1. The molecule has 2 fully saturated rings. The molecule has 10 nitrogen and oxygen atoms in total. The number of nitrogens with one attached hydrogen (secondary N) is 1. The molecular formula is C27H41BN4O6. The molecular weight excluding hydrogens is 487 g/mol. The van der Waals surface area contributed by atoms with E-state index in [1.54, 1.807) is 4.90 Å². The first-order valence-corrected chi connectivity index (χ1v) is 13.6. The lowest BCUT2D eigenvalue weighted by Gasteiger charge is -2.42. The van der Waals surface area contributed by atoms with Gasteiger partial charge in [-0.15, -0.1) is 0 Å². The molecule has 0 spiro atoms. The zero-order valence-corrected chi connectivity index (χ0v) is 22.6. The predicted octanol–water partition coefficient (Wildman–Crippen LogP) is 1.75. The third-order valence-electron chi connectivity index (χ3n) is 7.49. The molecule has 2 amide bonds. The molecule has 38 heavy (non-hydrogen) atoms. The topological polar surface area (TPSA) is 135 Å². The quantitative estimate of drug-likeness (QED) is 0.391. The van der Waals surface area contributed by atoms with Crippen LogP contribution >= 0.6 is 0 Å². The Labute approximate surface area is 226 Å². The minimum atomic E-state index is -1.73. The number of nitrogens with zero attached hydrogens (tertiary/aromatic N) is 3. The number of likely N-dealkylation sites (tertiary alicyclic amines) is 1. The fraction of sp³-hybridized carbons (Fsp3) is 0.667. The Bertz CT molecular complexity index is 935. The molecule has 2 saturated heterocycles. The van der Waals surface area contributed by atoms with Crippen molar-refractivity contribution in [1.29, 1.82) is 5.26 Å². The maximum atomic E-state index is 13.4. The van der Waals surface area contributed by atoms with E-state index in [0.29, 0.717) is 45.4 Å². The number of carbonyl (C=O) groups excluding carboxylic acids is 2. The number of morpholine rings is 1. The molecule has 2 heterocycles. The van der Waals surface area contributed by atoms with Gasteiger partial charge in [0.15, 0.2) is 0 Å². The first kappa shape index (κ1) is 29.9. The number of aryl methyl sites for hydroxylation is 1. The molecule has 1 aromatic carbocycles. The van der Waals surface area contributed by atoms with Crippen molar-refractivity contribution in [3.8, 4) is 6.07 Å². The van der Waals surface area contributed by atoms with Crippen LogP contribution in [0.4, 0.5) is 4.79 Å². The van der Waals surface area contributed by atoms with Crippen molar-refractivity contribution in [2.75, 3.05) is 39.4 Å². The Morgan fingerprint density at radius 3 is 2.58 bits per heavy atom. The third kappa shape index (κ3) is 8.98. The van der Waals surface area contributed by atoms with Gasteiger partial charge in [-0.3, -0.25) is 9.69 Å². The Kier molecular flexibility index (Phi) is 11.4. The van der Waals surface area contributed by atoms with Crippen LogP contribution in [0.3, 0.4) is 0 Å². The number of hydrogen-bond donors (Lipinski definition) is 3. The van der Waals surface area contributed by atoms with Crippen LogP contribution in [0.1, 0.15) is 51.5 Å². The third-order valence-corrected chi connectivity index (χ3v) is 7.49. The van der Waals surface area contributed by atoms with Gasteiger partial charge in [0.05, 0.1) is 31.8 Å². The fourth-order valence-electron chi connectivity index (χ4n) is 5.20. The van der Waals surface area contributed by atoms with Crippen LogP contribution in [0.2, 0.25) is 0 Å². The van der Waals surface area contributed by atoms with Crippen molar-refractivity contribution in [1.82, 2.24) is 15.1 Å². The van der Waals surface area contributed by atoms with Gasteiger partial charge in [-0.05, 0) is 57.9 Å². The summed E-state index contributed by atoms with van der Waals surface area (Å²) in [6, 6.07) is 11.8. The van der Waals surface area contributed by atoms with E-state index in [-0.39, 0.29) is 18.0 Å². The average Bonchev–Trinajstić information content (AvgIpc) is 3.15. The van der Waals surface area contributed by atoms with E-state index in [1.165, 1.54) is 0 Å². The van der Waals surface area contributed by atoms with E-state index in [9.17, 15) is 24.9 Å². The van der Waals surface area contributed by atoms with Crippen molar-refractivity contribution in [3.05, 3.63) is 35.9 Å². The summed E-state index contributed by atoms with van der Waals surface area (Å²) in [4.78, 5) is 30.0. The van der Waals surface area contributed by atoms with E-state index in [2.05, 4.69) is 30.1 Å². The first-order chi connectivity index (χ1) is 18.2. The van der Waals surface area contributed by atoms with Gasteiger partial charge in [0.25, 0.3) is 0 Å². The van der Waals surface area contributed by atoms with E-state index >= 15 is 0 Å². The molecule has 3 rings (SSSR count). The largest absolute Gasteiger partial charge is 0.475 e. The minimum absolute atomic E-state index is 0.207. The molecule has 3 atom stereocenters. The molecule has 0 radical (unpaired) electrons. The van der Waals surface area contributed by atoms with Crippen LogP contribution in [0.15, 0.2) is 30.3 Å². The highest BCUT2D eigenvalue weighted by Crippen LogP contribution is 2.27. The van der Waals surface area contributed by atoms with Crippen LogP contribution < -0.4 is 5.32 Å². The number of rotatable bonds is 10. The second-order valence-electron chi connectivity index (χ2n) is 10.8. The molecule has 1 unspecified atom stereocenters. The van der Waals surface area contributed by atoms with E-state index < -0.39 is 31.2 Å². The Morgan fingerprint density at radius 1 is 1.21 bits per heavy atom. The molecule has 0 aliphatic carbocycles. The van der Waals surface area contributed by atoms with Gasteiger partial charge in [-0.2, -0.15) is 5.26 Å². The zero-order valence-electron chi connectivity index (χ0n) is 22.6. The van der Waals surface area contributed by atoms with Crippen molar-refractivity contribution >= 4 is 19.1 Å². The summed E-state index contributed by atoms with van der Waals surface area (Å²) in [6.07, 6.45) is 2.12. The highest BCUT2D eigenvalue weighted by molar-refractivity contribution is 6.43. The lowest BCUT2D eigenvalue weighted by Crippen LogP contribution is -2.52. The second kappa shape index (κ2) is 14.5. The van der Waals surface area contributed by atoms with Crippen LogP contribution in [-0.4, -0.2) is 95.9 Å². The lowest BCUT2D eigenvalue weighted by molar-refractivity contribution is -0.136. The average molecular weight is 528 g/mol. The van der Waals surface area contributed by atoms with Crippen molar-refractivity contribution < 1.29 is 29.1 Å². The normalized spacial score (nSPS) is 20.5. The van der Waals surface area contributed by atoms with E-state index in [4.69, 9.17) is 9.47 Å². The van der Waals surface area contributed by atoms with Crippen molar-refractivity contribution in [3.63, 3.8) is 0 Å². The van der Waals surface area contributed by atoms with Gasteiger partial charge >= 0.3 is 13.2 Å². The SMILES string of the molecule is CC(C)(CC(C#N)C(=O)N1CCCC[C@H](OC(=O)N[C@@H](CCc2ccccc2)B(O)O)C1)N1CCOCC1. The molecule has 2 aliphatic rings. The van der Waals surface area contributed by atoms with E-state index in [0.717, 1.165) is 31.5 Å². The van der Waals surface area contributed by atoms with Crippen LogP contribution in [0, 0.1) is 17.2 Å². The van der Waals surface area contributed by atoms with E-state index in [1.807, 2.05) is 30.3 Å². The molecule has 0 bridgehead atoms. The number of amides is 2. The Hall–Kier alpha value is -2.65. The van der Waals surface area contributed by atoms with Crippen molar-refractivity contribution in [2.45, 2.75) is 70.0 Å². The minimum Gasteiger partial charge on any atom is -0.444 e. The molecule has 0 saturated carbocycles. The van der Waals surface area contributed by atoms with Gasteiger partial charge in [-0.25, -0.2) is 4.79 Å². The smallest absolute Gasteiger partial charge is 0.444 e. The lowest BCUT2D eigenvalue weighted by atomic mass is 9.76. The molecule has 11 heteroatoms. The summed E-state index contributed by atoms with van der Waals surface area (Å²) in [5, 5.41) is 32.0. The molecule has 0 aromatic heterocycles. The van der Waals surface area contributed by atoms with Crippen LogP contribution in [0.5, 0.6) is 0 Å². The molecule has 3 N–H and O–H groups in total. The van der Waals surface area contributed by atoms with Crippen molar-refractivity contribution in [2.24, 2.45) is 5.92 Å². The van der Waals surface area contributed by atoms with Gasteiger partial charge in [0.1, 0.15) is 12.0 Å². The monoisotopic (exact) mass is 528 g/mol. The number of alkyl carbamates (subject to hydrolysis) is 1. The summed E-state index contributed by atoms with van der Waals surface area (Å²) in [5.74, 6) is -1.93. The fourth-order valence-corrected chi connectivity index (χ4v) is 5.20. The highest BCUT2D eigenvalue weighted by Gasteiger charge is 2.37. The highest BCUT2D eigenvalue weighted by atomic mass is 16.6.